The lowest BCUT2D eigenvalue weighted by molar-refractivity contribution is 0.0361. The van der Waals surface area contributed by atoms with Gasteiger partial charge in [-0.1, -0.05) is 19.1 Å². The van der Waals surface area contributed by atoms with Gasteiger partial charge in [-0.25, -0.2) is 4.79 Å². The fourth-order valence-electron chi connectivity index (χ4n) is 4.50. The third-order valence-corrected chi connectivity index (χ3v) is 6.40. The molecule has 164 valence electrons. The Morgan fingerprint density at radius 1 is 1.00 bits per heavy atom. The number of aryl methyl sites for hydroxylation is 2. The average molecular weight is 425 g/mol. The molecule has 0 atom stereocenters. The maximum atomic E-state index is 13.3. The molecule has 31 heavy (non-hydrogen) atoms. The fraction of sp³-hybridized carbons (Fsp3) is 0.500. The van der Waals surface area contributed by atoms with E-state index in [1.165, 1.54) is 14.7 Å². The van der Waals surface area contributed by atoms with Gasteiger partial charge < -0.3 is 14.2 Å². The van der Waals surface area contributed by atoms with Gasteiger partial charge in [0.1, 0.15) is 0 Å². The van der Waals surface area contributed by atoms with E-state index in [9.17, 15) is 9.59 Å². The largest absolute Gasteiger partial charge is 0.379 e. The minimum Gasteiger partial charge on any atom is -0.379 e. The molecule has 0 amide bonds. The number of hydrogen-bond donors (Lipinski definition) is 0. The first kappa shape index (κ1) is 20.0. The SMILES string of the molecule is CCc1ccc(N2CCn3c2nc2c3c(=O)n(CCN3CCOCC3)c(=O)n2C)cc1. The van der Waals surface area contributed by atoms with Gasteiger partial charge in [0.2, 0.25) is 5.95 Å². The molecule has 1 aromatic carbocycles. The van der Waals surface area contributed by atoms with Crippen molar-refractivity contribution in [2.24, 2.45) is 7.05 Å². The molecule has 2 aliphatic rings. The van der Waals surface area contributed by atoms with Crippen LogP contribution in [-0.4, -0.2) is 63.0 Å². The summed E-state index contributed by atoms with van der Waals surface area (Å²) in [5, 5.41) is 0. The number of morpholine rings is 1. The molecule has 0 unspecified atom stereocenters. The summed E-state index contributed by atoms with van der Waals surface area (Å²) < 4.78 is 10.2. The molecule has 0 radical (unpaired) electrons. The molecule has 1 saturated heterocycles. The zero-order chi connectivity index (χ0) is 21.5. The van der Waals surface area contributed by atoms with Crippen molar-refractivity contribution >= 4 is 22.8 Å². The van der Waals surface area contributed by atoms with E-state index in [0.29, 0.717) is 44.0 Å². The number of fused-ring (bicyclic) bond motifs is 3. The molecule has 2 aliphatic heterocycles. The zero-order valence-corrected chi connectivity index (χ0v) is 18.1. The normalized spacial score (nSPS) is 16.9. The maximum Gasteiger partial charge on any atom is 0.332 e. The summed E-state index contributed by atoms with van der Waals surface area (Å²) in [6, 6.07) is 8.42. The Bertz CT molecular complexity index is 1220. The lowest BCUT2D eigenvalue weighted by Crippen LogP contribution is -2.44. The Hall–Kier alpha value is -2.91. The zero-order valence-electron chi connectivity index (χ0n) is 18.1. The number of imidazole rings is 1. The summed E-state index contributed by atoms with van der Waals surface area (Å²) in [5.74, 6) is 0.720. The van der Waals surface area contributed by atoms with Crippen molar-refractivity contribution in [3.05, 3.63) is 50.7 Å². The van der Waals surface area contributed by atoms with E-state index < -0.39 is 0 Å². The molecule has 0 bridgehead atoms. The van der Waals surface area contributed by atoms with Crippen LogP contribution in [0.1, 0.15) is 12.5 Å². The highest BCUT2D eigenvalue weighted by Gasteiger charge is 2.28. The van der Waals surface area contributed by atoms with Crippen LogP contribution >= 0.6 is 0 Å². The maximum absolute atomic E-state index is 13.3. The van der Waals surface area contributed by atoms with Gasteiger partial charge in [-0.05, 0) is 24.1 Å². The first-order chi connectivity index (χ1) is 15.1. The second kappa shape index (κ2) is 7.97. The molecule has 9 heteroatoms. The van der Waals surface area contributed by atoms with Crippen LogP contribution in [0.15, 0.2) is 33.9 Å². The smallest absolute Gasteiger partial charge is 0.332 e. The number of rotatable bonds is 5. The van der Waals surface area contributed by atoms with Crippen LogP contribution in [0.3, 0.4) is 0 Å². The fourth-order valence-corrected chi connectivity index (χ4v) is 4.50. The van der Waals surface area contributed by atoms with Gasteiger partial charge in [-0.2, -0.15) is 4.98 Å². The van der Waals surface area contributed by atoms with Gasteiger partial charge >= 0.3 is 5.69 Å². The van der Waals surface area contributed by atoms with Crippen LogP contribution in [0.25, 0.3) is 11.2 Å². The van der Waals surface area contributed by atoms with E-state index in [1.807, 2.05) is 4.57 Å². The lowest BCUT2D eigenvalue weighted by atomic mass is 10.1. The average Bonchev–Trinajstić information content (AvgIpc) is 3.38. The second-order valence-electron chi connectivity index (χ2n) is 8.16. The van der Waals surface area contributed by atoms with Crippen molar-refractivity contribution in [2.75, 3.05) is 44.3 Å². The van der Waals surface area contributed by atoms with Crippen molar-refractivity contribution in [1.82, 2.24) is 23.6 Å². The minimum atomic E-state index is -0.318. The standard InChI is InChI=1S/C22H28N6O3/c1-3-16-4-6-17(7-5-16)26-10-11-27-18-19(23-21(26)27)24(2)22(30)28(20(18)29)9-8-25-12-14-31-15-13-25/h4-7H,3,8-15H2,1-2H3. The summed E-state index contributed by atoms with van der Waals surface area (Å²) in [7, 11) is 1.69. The second-order valence-corrected chi connectivity index (χ2v) is 8.16. The van der Waals surface area contributed by atoms with E-state index in [-0.39, 0.29) is 11.2 Å². The minimum absolute atomic E-state index is 0.256. The Labute approximate surface area is 180 Å². The van der Waals surface area contributed by atoms with Crippen molar-refractivity contribution < 1.29 is 4.74 Å². The van der Waals surface area contributed by atoms with Gasteiger partial charge in [0.05, 0.1) is 13.2 Å². The quantitative estimate of drug-likeness (QED) is 0.607. The summed E-state index contributed by atoms with van der Waals surface area (Å²) in [6.07, 6.45) is 0.991. The predicted octanol–water partition coefficient (Wildman–Crippen LogP) is 0.943. The number of aromatic nitrogens is 4. The summed E-state index contributed by atoms with van der Waals surface area (Å²) >= 11 is 0. The van der Waals surface area contributed by atoms with E-state index in [1.54, 1.807) is 7.05 Å². The Morgan fingerprint density at radius 2 is 1.74 bits per heavy atom. The van der Waals surface area contributed by atoms with E-state index in [2.05, 4.69) is 41.0 Å². The van der Waals surface area contributed by atoms with Crippen LogP contribution in [0.4, 0.5) is 11.6 Å². The summed E-state index contributed by atoms with van der Waals surface area (Å²) in [6.45, 7) is 7.60. The molecule has 2 aromatic heterocycles. The van der Waals surface area contributed by atoms with Crippen molar-refractivity contribution in [2.45, 2.75) is 26.4 Å². The Morgan fingerprint density at radius 3 is 2.45 bits per heavy atom. The first-order valence-corrected chi connectivity index (χ1v) is 10.9. The predicted molar refractivity (Wildman–Crippen MR) is 119 cm³/mol. The van der Waals surface area contributed by atoms with Crippen LogP contribution in [0.2, 0.25) is 0 Å². The van der Waals surface area contributed by atoms with Gasteiger partial charge in [0.15, 0.2) is 11.2 Å². The molecule has 3 aromatic rings. The Kier molecular flexibility index (Phi) is 5.15. The summed E-state index contributed by atoms with van der Waals surface area (Å²) in [4.78, 5) is 35.3. The van der Waals surface area contributed by atoms with Crippen LogP contribution in [0.5, 0.6) is 0 Å². The lowest BCUT2D eigenvalue weighted by Gasteiger charge is -2.26. The van der Waals surface area contributed by atoms with E-state index in [0.717, 1.165) is 37.7 Å². The summed E-state index contributed by atoms with van der Waals surface area (Å²) in [5.41, 5.74) is 2.70. The molecule has 1 fully saturated rings. The number of nitrogens with zero attached hydrogens (tertiary/aromatic N) is 6. The molecule has 0 N–H and O–H groups in total. The van der Waals surface area contributed by atoms with Crippen molar-refractivity contribution in [1.29, 1.82) is 0 Å². The number of benzene rings is 1. The number of ether oxygens (including phenoxy) is 1. The Balaban J connectivity index is 1.53. The van der Waals surface area contributed by atoms with Gasteiger partial charge in [0, 0.05) is 52.0 Å². The van der Waals surface area contributed by atoms with E-state index in [4.69, 9.17) is 9.72 Å². The molecule has 0 aliphatic carbocycles. The van der Waals surface area contributed by atoms with Crippen LogP contribution < -0.4 is 16.1 Å². The molecule has 4 heterocycles. The number of anilines is 2. The highest BCUT2D eigenvalue weighted by Crippen LogP contribution is 2.31. The first-order valence-electron chi connectivity index (χ1n) is 10.9. The monoisotopic (exact) mass is 424 g/mol. The van der Waals surface area contributed by atoms with Crippen molar-refractivity contribution in [3.8, 4) is 0 Å². The van der Waals surface area contributed by atoms with Crippen LogP contribution in [-0.2, 0) is 31.3 Å². The topological polar surface area (TPSA) is 77.5 Å². The van der Waals surface area contributed by atoms with Gasteiger partial charge in [-0.3, -0.25) is 18.8 Å². The molecular weight excluding hydrogens is 396 g/mol. The highest BCUT2D eigenvalue weighted by atomic mass is 16.5. The third-order valence-electron chi connectivity index (χ3n) is 6.40. The number of hydrogen-bond acceptors (Lipinski definition) is 6. The highest BCUT2D eigenvalue weighted by molar-refractivity contribution is 5.77. The van der Waals surface area contributed by atoms with Crippen molar-refractivity contribution in [3.63, 3.8) is 0 Å². The molecule has 0 saturated carbocycles. The third kappa shape index (κ3) is 3.37. The van der Waals surface area contributed by atoms with Gasteiger partial charge in [0.25, 0.3) is 5.56 Å². The molecule has 0 spiro atoms. The van der Waals surface area contributed by atoms with Gasteiger partial charge in [-0.15, -0.1) is 0 Å². The van der Waals surface area contributed by atoms with E-state index >= 15 is 0 Å². The molecule has 9 nitrogen and oxygen atoms in total. The molecule has 5 rings (SSSR count). The van der Waals surface area contributed by atoms with Crippen LogP contribution in [0, 0.1) is 0 Å². The molecular formula is C22H28N6O3.